The standard InChI is InChI=1S/C14H10BrF3N4OS/c1-22-9-6-20-10(14(16,17)18)5-8(9)21-12(22)11-7(15)3-4-19-13(11)24(2)23/h3-6H,1-2H3. The molecule has 0 fully saturated rings. The second-order valence-corrected chi connectivity index (χ2v) is 7.13. The number of pyridine rings is 2. The summed E-state index contributed by atoms with van der Waals surface area (Å²) in [6, 6.07) is 2.55. The van der Waals surface area contributed by atoms with Crippen molar-refractivity contribution in [1.29, 1.82) is 0 Å². The lowest BCUT2D eigenvalue weighted by Gasteiger charge is -2.08. The molecule has 1 unspecified atom stereocenters. The smallest absolute Gasteiger partial charge is 0.326 e. The Bertz CT molecular complexity index is 971. The monoisotopic (exact) mass is 418 g/mol. The Labute approximate surface area is 145 Å². The second kappa shape index (κ2) is 5.92. The second-order valence-electron chi connectivity index (χ2n) is 4.98. The van der Waals surface area contributed by atoms with Crippen molar-refractivity contribution in [3.05, 3.63) is 34.7 Å². The van der Waals surface area contributed by atoms with E-state index in [1.54, 1.807) is 17.7 Å². The van der Waals surface area contributed by atoms with E-state index in [1.165, 1.54) is 12.5 Å². The highest BCUT2D eigenvalue weighted by Gasteiger charge is 2.33. The van der Waals surface area contributed by atoms with Crippen molar-refractivity contribution in [3.63, 3.8) is 0 Å². The molecule has 10 heteroatoms. The summed E-state index contributed by atoms with van der Waals surface area (Å²) in [6.45, 7) is 0. The molecule has 1 atom stereocenters. The number of nitrogens with zero attached hydrogens (tertiary/aromatic N) is 4. The van der Waals surface area contributed by atoms with E-state index in [1.807, 2.05) is 0 Å². The van der Waals surface area contributed by atoms with Crippen LogP contribution in [0, 0.1) is 0 Å². The van der Waals surface area contributed by atoms with Crippen molar-refractivity contribution in [2.24, 2.45) is 7.05 Å². The number of halogens is 4. The van der Waals surface area contributed by atoms with Crippen molar-refractivity contribution >= 4 is 37.8 Å². The van der Waals surface area contributed by atoms with Crippen molar-refractivity contribution in [2.75, 3.05) is 6.26 Å². The predicted molar refractivity (Wildman–Crippen MR) is 86.8 cm³/mol. The van der Waals surface area contributed by atoms with Crippen LogP contribution in [0.5, 0.6) is 0 Å². The highest BCUT2D eigenvalue weighted by Crippen LogP contribution is 2.34. The Morgan fingerprint density at radius 3 is 2.62 bits per heavy atom. The minimum absolute atomic E-state index is 0.151. The van der Waals surface area contributed by atoms with Gasteiger partial charge in [0, 0.05) is 24.0 Å². The van der Waals surface area contributed by atoms with E-state index >= 15 is 0 Å². The maximum Gasteiger partial charge on any atom is 0.433 e. The van der Waals surface area contributed by atoms with E-state index in [9.17, 15) is 17.4 Å². The van der Waals surface area contributed by atoms with E-state index in [2.05, 4.69) is 30.9 Å². The molecule has 24 heavy (non-hydrogen) atoms. The zero-order valence-electron chi connectivity index (χ0n) is 12.4. The van der Waals surface area contributed by atoms with Crippen LogP contribution in [0.3, 0.4) is 0 Å². The summed E-state index contributed by atoms with van der Waals surface area (Å²) in [7, 11) is 0.264. The largest absolute Gasteiger partial charge is 0.433 e. The van der Waals surface area contributed by atoms with Crippen molar-refractivity contribution < 1.29 is 17.4 Å². The molecular formula is C14H10BrF3N4OS. The summed E-state index contributed by atoms with van der Waals surface area (Å²) >= 11 is 3.37. The number of imidazole rings is 1. The van der Waals surface area contributed by atoms with Crippen LogP contribution in [0.15, 0.2) is 34.0 Å². The van der Waals surface area contributed by atoms with Gasteiger partial charge in [0.15, 0.2) is 0 Å². The first-order valence-corrected chi connectivity index (χ1v) is 8.93. The Morgan fingerprint density at radius 1 is 1.29 bits per heavy atom. The van der Waals surface area contributed by atoms with Gasteiger partial charge in [-0.3, -0.25) is 4.21 Å². The van der Waals surface area contributed by atoms with Gasteiger partial charge < -0.3 is 4.57 Å². The number of aromatic nitrogens is 4. The molecule has 3 aromatic rings. The third-order valence-corrected chi connectivity index (χ3v) is 4.93. The molecule has 0 aliphatic carbocycles. The van der Waals surface area contributed by atoms with Crippen molar-refractivity contribution in [2.45, 2.75) is 11.2 Å². The molecule has 0 aliphatic heterocycles. The van der Waals surface area contributed by atoms with E-state index in [0.29, 0.717) is 26.4 Å². The molecule has 0 aromatic carbocycles. The fraction of sp³-hybridized carbons (Fsp3) is 0.214. The highest BCUT2D eigenvalue weighted by molar-refractivity contribution is 9.10. The molecule has 0 N–H and O–H groups in total. The van der Waals surface area contributed by atoms with Gasteiger partial charge in [-0.1, -0.05) is 0 Å². The SMILES string of the molecule is Cn1c(-c2c(Br)ccnc2S(C)=O)nc2cc(C(F)(F)F)ncc21. The Hall–Kier alpha value is -1.81. The number of fused-ring (bicyclic) bond motifs is 1. The molecule has 3 aromatic heterocycles. The van der Waals surface area contributed by atoms with Gasteiger partial charge >= 0.3 is 6.18 Å². The summed E-state index contributed by atoms with van der Waals surface area (Å²) in [5.74, 6) is 0.358. The van der Waals surface area contributed by atoms with Gasteiger partial charge in [-0.15, -0.1) is 0 Å². The number of hydrogen-bond donors (Lipinski definition) is 0. The average molecular weight is 419 g/mol. The Morgan fingerprint density at radius 2 is 2.00 bits per heavy atom. The fourth-order valence-corrected chi connectivity index (χ4v) is 3.62. The third-order valence-electron chi connectivity index (χ3n) is 3.42. The van der Waals surface area contributed by atoms with E-state index in [0.717, 1.165) is 12.3 Å². The molecule has 0 bridgehead atoms. The molecule has 0 radical (unpaired) electrons. The van der Waals surface area contributed by atoms with E-state index in [-0.39, 0.29) is 5.52 Å². The molecule has 0 spiro atoms. The van der Waals surface area contributed by atoms with Crippen LogP contribution in [0.4, 0.5) is 13.2 Å². The summed E-state index contributed by atoms with van der Waals surface area (Å²) in [5, 5.41) is 0.298. The molecule has 5 nitrogen and oxygen atoms in total. The minimum atomic E-state index is -4.54. The molecule has 0 saturated carbocycles. The minimum Gasteiger partial charge on any atom is -0.326 e. The van der Waals surface area contributed by atoms with Gasteiger partial charge in [0.2, 0.25) is 0 Å². The van der Waals surface area contributed by atoms with Crippen LogP contribution in [0.2, 0.25) is 0 Å². The van der Waals surface area contributed by atoms with E-state index < -0.39 is 22.7 Å². The molecular weight excluding hydrogens is 409 g/mol. The van der Waals surface area contributed by atoms with Crippen LogP contribution < -0.4 is 0 Å². The molecule has 0 saturated heterocycles. The summed E-state index contributed by atoms with van der Waals surface area (Å²) in [6.07, 6.45) is -0.446. The van der Waals surface area contributed by atoms with Crippen LogP contribution in [-0.2, 0) is 24.0 Å². The lowest BCUT2D eigenvalue weighted by atomic mass is 10.2. The normalized spacial score (nSPS) is 13.4. The lowest BCUT2D eigenvalue weighted by molar-refractivity contribution is -0.141. The first-order valence-electron chi connectivity index (χ1n) is 6.58. The number of aryl methyl sites for hydroxylation is 1. The Kier molecular flexibility index (Phi) is 4.20. The topological polar surface area (TPSA) is 60.7 Å². The van der Waals surface area contributed by atoms with Gasteiger partial charge in [-0.25, -0.2) is 15.0 Å². The first-order chi connectivity index (χ1) is 11.2. The molecule has 0 amide bonds. The van der Waals surface area contributed by atoms with Crippen LogP contribution in [-0.4, -0.2) is 30.0 Å². The van der Waals surface area contributed by atoms with Gasteiger partial charge in [0.25, 0.3) is 0 Å². The van der Waals surface area contributed by atoms with Gasteiger partial charge in [0.05, 0.1) is 33.6 Å². The van der Waals surface area contributed by atoms with Gasteiger partial charge in [-0.05, 0) is 28.1 Å². The maximum absolute atomic E-state index is 12.8. The van der Waals surface area contributed by atoms with Crippen molar-refractivity contribution in [1.82, 2.24) is 19.5 Å². The van der Waals surface area contributed by atoms with Crippen molar-refractivity contribution in [3.8, 4) is 11.4 Å². The maximum atomic E-state index is 12.8. The summed E-state index contributed by atoms with van der Waals surface area (Å²) < 4.78 is 52.6. The zero-order valence-corrected chi connectivity index (χ0v) is 14.8. The number of rotatable bonds is 2. The lowest BCUT2D eigenvalue weighted by Crippen LogP contribution is -2.07. The molecule has 0 aliphatic rings. The first kappa shape index (κ1) is 17.0. The molecule has 3 rings (SSSR count). The highest BCUT2D eigenvalue weighted by atomic mass is 79.9. The summed E-state index contributed by atoms with van der Waals surface area (Å²) in [5.41, 5.74) is 0.0507. The van der Waals surface area contributed by atoms with E-state index in [4.69, 9.17) is 0 Å². The zero-order chi connectivity index (χ0) is 17.6. The summed E-state index contributed by atoms with van der Waals surface area (Å²) in [4.78, 5) is 11.8. The van der Waals surface area contributed by atoms with Crippen LogP contribution in [0.1, 0.15) is 5.69 Å². The quantitative estimate of drug-likeness (QED) is 0.638. The molecule has 3 heterocycles. The molecule has 126 valence electrons. The number of alkyl halides is 3. The average Bonchev–Trinajstić information content (AvgIpc) is 2.82. The van der Waals surface area contributed by atoms with Crippen LogP contribution in [0.25, 0.3) is 22.4 Å². The Balaban J connectivity index is 2.29. The van der Waals surface area contributed by atoms with Gasteiger partial charge in [0.1, 0.15) is 16.5 Å². The van der Waals surface area contributed by atoms with Gasteiger partial charge in [-0.2, -0.15) is 13.2 Å². The predicted octanol–water partition coefficient (Wildman–Crippen LogP) is 3.55. The fourth-order valence-electron chi connectivity index (χ4n) is 2.31. The third kappa shape index (κ3) is 2.84. The van der Waals surface area contributed by atoms with Crippen LogP contribution >= 0.6 is 15.9 Å². The number of hydrogen-bond acceptors (Lipinski definition) is 4.